The Morgan fingerprint density at radius 3 is 2.71 bits per heavy atom. The maximum absolute atomic E-state index is 11.0. The molecule has 2 nitrogen and oxygen atoms in total. The van der Waals surface area contributed by atoms with E-state index in [1.165, 1.54) is 16.9 Å². The minimum absolute atomic E-state index is 0.760. The van der Waals surface area contributed by atoms with Crippen molar-refractivity contribution in [3.05, 3.63) is 50.6 Å². The first-order valence-corrected chi connectivity index (χ1v) is 6.81. The van der Waals surface area contributed by atoms with Gasteiger partial charge in [-0.05, 0) is 27.6 Å². The SMILES string of the molecule is CN(Cc1ccccc1)c1cc(Br)sc1C=O. The molecule has 88 valence electrons. The fourth-order valence-corrected chi connectivity index (χ4v) is 3.18. The summed E-state index contributed by atoms with van der Waals surface area (Å²) in [4.78, 5) is 13.8. The molecule has 0 aliphatic heterocycles. The zero-order valence-electron chi connectivity index (χ0n) is 9.39. The van der Waals surface area contributed by atoms with Crippen LogP contribution in [0.2, 0.25) is 0 Å². The fraction of sp³-hybridized carbons (Fsp3) is 0.154. The van der Waals surface area contributed by atoms with Crippen LogP contribution in [0.25, 0.3) is 0 Å². The van der Waals surface area contributed by atoms with Gasteiger partial charge in [-0.25, -0.2) is 0 Å². The average Bonchev–Trinajstić information content (AvgIpc) is 2.72. The number of carbonyl (C=O) groups is 1. The zero-order chi connectivity index (χ0) is 12.3. The Labute approximate surface area is 113 Å². The van der Waals surface area contributed by atoms with E-state index >= 15 is 0 Å². The zero-order valence-corrected chi connectivity index (χ0v) is 11.8. The van der Waals surface area contributed by atoms with E-state index in [1.54, 1.807) is 0 Å². The quantitative estimate of drug-likeness (QED) is 0.797. The Hall–Kier alpha value is -1.13. The number of thiophene rings is 1. The number of rotatable bonds is 4. The maximum atomic E-state index is 11.0. The molecular formula is C13H12BrNOS. The predicted octanol–water partition coefficient (Wildman–Crippen LogP) is 3.96. The Balaban J connectivity index is 2.19. The molecule has 0 aliphatic rings. The summed E-state index contributed by atoms with van der Waals surface area (Å²) < 4.78 is 0.981. The second kappa shape index (κ2) is 5.47. The lowest BCUT2D eigenvalue weighted by Gasteiger charge is -2.18. The molecule has 0 aliphatic carbocycles. The molecule has 2 aromatic rings. The van der Waals surface area contributed by atoms with Crippen LogP contribution in [0.4, 0.5) is 5.69 Å². The lowest BCUT2D eigenvalue weighted by atomic mass is 10.2. The number of halogens is 1. The van der Waals surface area contributed by atoms with Crippen molar-refractivity contribution in [1.29, 1.82) is 0 Å². The summed E-state index contributed by atoms with van der Waals surface area (Å²) >= 11 is 4.87. The van der Waals surface area contributed by atoms with Crippen LogP contribution in [0.3, 0.4) is 0 Å². The molecule has 0 radical (unpaired) electrons. The van der Waals surface area contributed by atoms with Crippen LogP contribution < -0.4 is 4.90 Å². The number of aldehydes is 1. The molecule has 4 heteroatoms. The van der Waals surface area contributed by atoms with Crippen molar-refractivity contribution in [1.82, 2.24) is 0 Å². The van der Waals surface area contributed by atoms with Gasteiger partial charge in [-0.2, -0.15) is 0 Å². The first-order valence-electron chi connectivity index (χ1n) is 5.20. The molecule has 1 aromatic heterocycles. The first-order chi connectivity index (χ1) is 8.20. The molecule has 0 saturated carbocycles. The van der Waals surface area contributed by atoms with Crippen molar-refractivity contribution in [2.24, 2.45) is 0 Å². The smallest absolute Gasteiger partial charge is 0.162 e. The normalized spacial score (nSPS) is 10.2. The van der Waals surface area contributed by atoms with Crippen LogP contribution in [-0.4, -0.2) is 13.3 Å². The highest BCUT2D eigenvalue weighted by Crippen LogP contribution is 2.32. The van der Waals surface area contributed by atoms with Crippen LogP contribution in [0.15, 0.2) is 40.2 Å². The largest absolute Gasteiger partial charge is 0.369 e. The van der Waals surface area contributed by atoms with Crippen molar-refractivity contribution >= 4 is 39.2 Å². The van der Waals surface area contributed by atoms with Gasteiger partial charge in [0.15, 0.2) is 6.29 Å². The number of nitrogens with zero attached hydrogens (tertiary/aromatic N) is 1. The minimum atomic E-state index is 0.760. The summed E-state index contributed by atoms with van der Waals surface area (Å²) in [6.07, 6.45) is 0.909. The third-order valence-electron chi connectivity index (χ3n) is 2.49. The van der Waals surface area contributed by atoms with Gasteiger partial charge in [0, 0.05) is 13.6 Å². The van der Waals surface area contributed by atoms with Crippen LogP contribution in [-0.2, 0) is 6.54 Å². The lowest BCUT2D eigenvalue weighted by molar-refractivity contribution is 0.112. The highest BCUT2D eigenvalue weighted by molar-refractivity contribution is 9.11. The van der Waals surface area contributed by atoms with Crippen molar-refractivity contribution < 1.29 is 4.79 Å². The Bertz CT molecular complexity index is 509. The molecule has 17 heavy (non-hydrogen) atoms. The molecule has 0 amide bonds. The molecule has 2 rings (SSSR count). The molecule has 0 bridgehead atoms. The number of hydrogen-bond donors (Lipinski definition) is 0. The molecule has 0 spiro atoms. The third kappa shape index (κ3) is 2.96. The van der Waals surface area contributed by atoms with E-state index in [4.69, 9.17) is 0 Å². The van der Waals surface area contributed by atoms with E-state index in [0.29, 0.717) is 0 Å². The summed E-state index contributed by atoms with van der Waals surface area (Å²) in [7, 11) is 1.99. The summed E-state index contributed by atoms with van der Waals surface area (Å²) in [5, 5.41) is 0. The molecule has 1 aromatic carbocycles. The Morgan fingerprint density at radius 2 is 2.06 bits per heavy atom. The van der Waals surface area contributed by atoms with E-state index in [-0.39, 0.29) is 0 Å². The Morgan fingerprint density at radius 1 is 1.35 bits per heavy atom. The molecule has 0 saturated heterocycles. The van der Waals surface area contributed by atoms with Gasteiger partial charge in [-0.3, -0.25) is 4.79 Å². The highest BCUT2D eigenvalue weighted by Gasteiger charge is 2.11. The highest BCUT2D eigenvalue weighted by atomic mass is 79.9. The van der Waals surface area contributed by atoms with Crippen molar-refractivity contribution in [3.63, 3.8) is 0 Å². The van der Waals surface area contributed by atoms with Gasteiger partial charge >= 0.3 is 0 Å². The molecule has 0 fully saturated rings. The van der Waals surface area contributed by atoms with Gasteiger partial charge in [0.25, 0.3) is 0 Å². The molecule has 0 N–H and O–H groups in total. The summed E-state index contributed by atoms with van der Waals surface area (Å²) in [6, 6.07) is 12.2. The van der Waals surface area contributed by atoms with E-state index in [9.17, 15) is 4.79 Å². The van der Waals surface area contributed by atoms with Crippen molar-refractivity contribution in [2.45, 2.75) is 6.54 Å². The van der Waals surface area contributed by atoms with Crippen LogP contribution in [0.5, 0.6) is 0 Å². The van der Waals surface area contributed by atoms with E-state index in [1.807, 2.05) is 31.3 Å². The van der Waals surface area contributed by atoms with Gasteiger partial charge in [-0.15, -0.1) is 11.3 Å². The van der Waals surface area contributed by atoms with Gasteiger partial charge in [0.2, 0.25) is 0 Å². The topological polar surface area (TPSA) is 20.3 Å². The standard InChI is InChI=1S/C13H12BrNOS/c1-15(8-10-5-3-2-4-6-10)11-7-13(14)17-12(11)9-16/h2-7,9H,8H2,1H3. The van der Waals surface area contributed by atoms with E-state index in [2.05, 4.69) is 33.0 Å². The maximum Gasteiger partial charge on any atom is 0.162 e. The number of benzene rings is 1. The van der Waals surface area contributed by atoms with E-state index < -0.39 is 0 Å². The van der Waals surface area contributed by atoms with Gasteiger partial charge in [0.05, 0.1) is 14.4 Å². The van der Waals surface area contributed by atoms with Crippen molar-refractivity contribution in [2.75, 3.05) is 11.9 Å². The monoisotopic (exact) mass is 309 g/mol. The second-order valence-corrected chi connectivity index (χ2v) is 6.22. The van der Waals surface area contributed by atoms with Crippen LogP contribution in [0.1, 0.15) is 15.2 Å². The third-order valence-corrected chi connectivity index (χ3v) is 4.04. The second-order valence-electron chi connectivity index (χ2n) is 3.76. The number of hydrogen-bond acceptors (Lipinski definition) is 3. The minimum Gasteiger partial charge on any atom is -0.369 e. The molecule has 1 heterocycles. The number of anilines is 1. The van der Waals surface area contributed by atoms with Gasteiger partial charge in [0.1, 0.15) is 0 Å². The Kier molecular flexibility index (Phi) is 3.97. The van der Waals surface area contributed by atoms with Gasteiger partial charge in [-0.1, -0.05) is 30.3 Å². The summed E-state index contributed by atoms with van der Waals surface area (Å²) in [5.74, 6) is 0. The summed E-state index contributed by atoms with van der Waals surface area (Å²) in [5.41, 5.74) is 2.20. The average molecular weight is 310 g/mol. The van der Waals surface area contributed by atoms with Crippen LogP contribution in [0, 0.1) is 0 Å². The predicted molar refractivity (Wildman–Crippen MR) is 76.0 cm³/mol. The fourth-order valence-electron chi connectivity index (χ4n) is 1.69. The van der Waals surface area contributed by atoms with Crippen LogP contribution >= 0.6 is 27.3 Å². The molecule has 0 atom stereocenters. The first kappa shape index (κ1) is 12.3. The molecule has 0 unspecified atom stereocenters. The lowest BCUT2D eigenvalue weighted by Crippen LogP contribution is -2.16. The molecular weight excluding hydrogens is 298 g/mol. The van der Waals surface area contributed by atoms with Crippen molar-refractivity contribution in [3.8, 4) is 0 Å². The van der Waals surface area contributed by atoms with Gasteiger partial charge < -0.3 is 4.90 Å². The number of carbonyl (C=O) groups excluding carboxylic acids is 1. The summed E-state index contributed by atoms with van der Waals surface area (Å²) in [6.45, 7) is 0.796. The van der Waals surface area contributed by atoms with E-state index in [0.717, 1.165) is 27.2 Å².